The van der Waals surface area contributed by atoms with E-state index in [-0.39, 0.29) is 11.4 Å². The summed E-state index contributed by atoms with van der Waals surface area (Å²) < 4.78 is 0. The number of hydrogen-bond donors (Lipinski definition) is 0. The van der Waals surface area contributed by atoms with Crippen LogP contribution in [-0.2, 0) is 4.79 Å². The molecular weight excluding hydrogens is 222 g/mol. The largest absolute Gasteiger partial charge is 0.334 e. The maximum Gasteiger partial charge on any atom is 0.220 e. The van der Waals surface area contributed by atoms with Crippen molar-refractivity contribution in [2.24, 2.45) is 0 Å². The van der Waals surface area contributed by atoms with Gasteiger partial charge in [-0.25, -0.2) is 0 Å². The topological polar surface area (TPSA) is 20.3 Å². The first-order valence-corrected chi connectivity index (χ1v) is 6.33. The van der Waals surface area contributed by atoms with Crippen LogP contribution < -0.4 is 0 Å². The zero-order valence-electron chi connectivity index (χ0n) is 12.0. The second kappa shape index (κ2) is 5.85. The SMILES string of the molecule is CC(=O)N(C/C=C(\C)c1ccccc1)C(C)(C)C. The summed E-state index contributed by atoms with van der Waals surface area (Å²) in [6, 6.07) is 10.2. The summed E-state index contributed by atoms with van der Waals surface area (Å²) in [5, 5.41) is 0. The molecule has 0 aliphatic carbocycles. The van der Waals surface area contributed by atoms with Crippen molar-refractivity contribution in [3.63, 3.8) is 0 Å². The average Bonchev–Trinajstić information content (AvgIpc) is 2.28. The number of carbonyl (C=O) groups is 1. The van der Waals surface area contributed by atoms with E-state index in [0.717, 1.165) is 0 Å². The molecule has 2 heteroatoms. The summed E-state index contributed by atoms with van der Waals surface area (Å²) in [6.07, 6.45) is 2.11. The molecule has 1 amide bonds. The molecule has 0 saturated heterocycles. The Balaban J connectivity index is 2.82. The average molecular weight is 245 g/mol. The van der Waals surface area contributed by atoms with Crippen LogP contribution in [0.4, 0.5) is 0 Å². The highest BCUT2D eigenvalue weighted by Crippen LogP contribution is 2.17. The smallest absolute Gasteiger partial charge is 0.220 e. The molecule has 0 aliphatic rings. The number of hydrogen-bond acceptors (Lipinski definition) is 1. The van der Waals surface area contributed by atoms with Crippen LogP contribution in [0.1, 0.15) is 40.2 Å². The van der Waals surface area contributed by atoms with Gasteiger partial charge < -0.3 is 4.90 Å². The van der Waals surface area contributed by atoms with Gasteiger partial charge in [-0.15, -0.1) is 0 Å². The normalized spacial score (nSPS) is 12.4. The van der Waals surface area contributed by atoms with Crippen LogP contribution in [0.25, 0.3) is 5.57 Å². The van der Waals surface area contributed by atoms with Gasteiger partial charge in [0.1, 0.15) is 0 Å². The van der Waals surface area contributed by atoms with Gasteiger partial charge in [-0.05, 0) is 38.8 Å². The van der Waals surface area contributed by atoms with Gasteiger partial charge in [0.25, 0.3) is 0 Å². The maximum absolute atomic E-state index is 11.6. The minimum atomic E-state index is -0.140. The Morgan fingerprint density at radius 1 is 1.17 bits per heavy atom. The quantitative estimate of drug-likeness (QED) is 0.794. The van der Waals surface area contributed by atoms with Crippen molar-refractivity contribution < 1.29 is 4.79 Å². The molecule has 0 fully saturated rings. The zero-order valence-corrected chi connectivity index (χ0v) is 12.0. The van der Waals surface area contributed by atoms with E-state index in [1.807, 2.05) is 23.1 Å². The van der Waals surface area contributed by atoms with Gasteiger partial charge in [-0.3, -0.25) is 4.79 Å². The van der Waals surface area contributed by atoms with Crippen molar-refractivity contribution in [2.45, 2.75) is 40.2 Å². The Hall–Kier alpha value is -1.57. The van der Waals surface area contributed by atoms with Gasteiger partial charge in [0.05, 0.1) is 0 Å². The standard InChI is InChI=1S/C16H23NO/c1-13(15-9-7-6-8-10-15)11-12-17(14(2)18)16(3,4)5/h6-11H,12H2,1-5H3/b13-11+. The van der Waals surface area contributed by atoms with Crippen LogP contribution in [0.5, 0.6) is 0 Å². The van der Waals surface area contributed by atoms with Crippen molar-refractivity contribution in [3.8, 4) is 0 Å². The lowest BCUT2D eigenvalue weighted by Crippen LogP contribution is -2.44. The van der Waals surface area contributed by atoms with Crippen LogP contribution >= 0.6 is 0 Å². The molecule has 0 spiro atoms. The number of rotatable bonds is 3. The fourth-order valence-electron chi connectivity index (χ4n) is 1.92. The van der Waals surface area contributed by atoms with Crippen molar-refractivity contribution in [1.29, 1.82) is 0 Å². The molecule has 1 rings (SSSR count). The predicted molar refractivity (Wildman–Crippen MR) is 77.2 cm³/mol. The second-order valence-electron chi connectivity index (χ2n) is 5.55. The van der Waals surface area contributed by atoms with Gasteiger partial charge in [-0.2, -0.15) is 0 Å². The summed E-state index contributed by atoms with van der Waals surface area (Å²) in [4.78, 5) is 13.5. The summed E-state index contributed by atoms with van der Waals surface area (Å²) in [7, 11) is 0. The van der Waals surface area contributed by atoms with Crippen molar-refractivity contribution in [2.75, 3.05) is 6.54 Å². The Kier molecular flexibility index (Phi) is 4.71. The Morgan fingerprint density at radius 2 is 1.72 bits per heavy atom. The van der Waals surface area contributed by atoms with Gasteiger partial charge in [-0.1, -0.05) is 36.4 Å². The predicted octanol–water partition coefficient (Wildman–Crippen LogP) is 3.74. The second-order valence-corrected chi connectivity index (χ2v) is 5.55. The molecule has 2 nitrogen and oxygen atoms in total. The molecule has 0 bridgehead atoms. The number of allylic oxidation sites excluding steroid dienone is 1. The molecule has 98 valence electrons. The molecule has 0 aliphatic heterocycles. The first-order chi connectivity index (χ1) is 8.32. The van der Waals surface area contributed by atoms with Crippen LogP contribution in [0, 0.1) is 0 Å². The molecule has 0 heterocycles. The van der Waals surface area contributed by atoms with Crippen molar-refractivity contribution in [1.82, 2.24) is 4.90 Å². The van der Waals surface area contributed by atoms with Gasteiger partial charge in [0.2, 0.25) is 5.91 Å². The number of amides is 1. The number of benzene rings is 1. The maximum atomic E-state index is 11.6. The first-order valence-electron chi connectivity index (χ1n) is 6.33. The molecule has 0 aromatic heterocycles. The van der Waals surface area contributed by atoms with E-state index in [0.29, 0.717) is 6.54 Å². The third-order valence-corrected chi connectivity index (χ3v) is 3.00. The fraction of sp³-hybridized carbons (Fsp3) is 0.438. The summed E-state index contributed by atoms with van der Waals surface area (Å²) in [5.41, 5.74) is 2.26. The molecule has 0 N–H and O–H groups in total. The van der Waals surface area contributed by atoms with Crippen LogP contribution in [-0.4, -0.2) is 22.9 Å². The van der Waals surface area contributed by atoms with Gasteiger partial charge >= 0.3 is 0 Å². The monoisotopic (exact) mass is 245 g/mol. The lowest BCUT2D eigenvalue weighted by atomic mass is 10.0. The fourth-order valence-corrected chi connectivity index (χ4v) is 1.92. The van der Waals surface area contributed by atoms with Gasteiger partial charge in [0, 0.05) is 19.0 Å². The van der Waals surface area contributed by atoms with E-state index in [1.54, 1.807) is 6.92 Å². The van der Waals surface area contributed by atoms with E-state index in [2.05, 4.69) is 45.9 Å². The first kappa shape index (κ1) is 14.5. The highest BCUT2D eigenvalue weighted by atomic mass is 16.2. The van der Waals surface area contributed by atoms with Crippen molar-refractivity contribution >= 4 is 11.5 Å². The third-order valence-electron chi connectivity index (χ3n) is 3.00. The lowest BCUT2D eigenvalue weighted by molar-refractivity contribution is -0.132. The Morgan fingerprint density at radius 3 is 2.17 bits per heavy atom. The Labute approximate surface area is 110 Å². The third kappa shape index (κ3) is 4.02. The highest BCUT2D eigenvalue weighted by molar-refractivity contribution is 5.74. The summed E-state index contributed by atoms with van der Waals surface area (Å²) in [5.74, 6) is 0.111. The minimum Gasteiger partial charge on any atom is -0.334 e. The van der Waals surface area contributed by atoms with E-state index in [9.17, 15) is 4.79 Å². The molecular formula is C16H23NO. The zero-order chi connectivity index (χ0) is 13.8. The van der Waals surface area contributed by atoms with Crippen LogP contribution in [0.15, 0.2) is 36.4 Å². The van der Waals surface area contributed by atoms with Crippen LogP contribution in [0.3, 0.4) is 0 Å². The van der Waals surface area contributed by atoms with E-state index >= 15 is 0 Å². The van der Waals surface area contributed by atoms with Crippen LogP contribution in [0.2, 0.25) is 0 Å². The summed E-state index contributed by atoms with van der Waals surface area (Å²) in [6.45, 7) is 10.5. The highest BCUT2D eigenvalue weighted by Gasteiger charge is 2.22. The molecule has 1 aromatic rings. The Bertz CT molecular complexity index is 426. The van der Waals surface area contributed by atoms with E-state index in [1.165, 1.54) is 11.1 Å². The van der Waals surface area contributed by atoms with Crippen molar-refractivity contribution in [3.05, 3.63) is 42.0 Å². The lowest BCUT2D eigenvalue weighted by Gasteiger charge is -2.34. The number of carbonyl (C=O) groups excluding carboxylic acids is 1. The summed E-state index contributed by atoms with van der Waals surface area (Å²) >= 11 is 0. The molecule has 0 radical (unpaired) electrons. The molecule has 0 atom stereocenters. The van der Waals surface area contributed by atoms with Gasteiger partial charge in [0.15, 0.2) is 0 Å². The minimum absolute atomic E-state index is 0.111. The number of nitrogens with zero attached hydrogens (tertiary/aromatic N) is 1. The van der Waals surface area contributed by atoms with E-state index < -0.39 is 0 Å². The molecule has 18 heavy (non-hydrogen) atoms. The molecule has 0 unspecified atom stereocenters. The molecule has 0 saturated carbocycles. The molecule has 1 aromatic carbocycles. The van der Waals surface area contributed by atoms with E-state index in [4.69, 9.17) is 0 Å².